The number of nitrogens with zero attached hydrogens (tertiary/aromatic N) is 1. The Bertz CT molecular complexity index is 828. The van der Waals surface area contributed by atoms with Crippen LogP contribution in [0.1, 0.15) is 60.3 Å². The van der Waals surface area contributed by atoms with Crippen LogP contribution in [0.5, 0.6) is 0 Å². The Morgan fingerprint density at radius 3 is 2.20 bits per heavy atom. The van der Waals surface area contributed by atoms with E-state index < -0.39 is 46.8 Å². The number of rotatable bonds is 10. The van der Waals surface area contributed by atoms with Gasteiger partial charge in [0.15, 0.2) is 0 Å². The molecule has 4 N–H and O–H groups in total. The molecule has 0 aromatic carbocycles. The second kappa shape index (κ2) is 12.0. The van der Waals surface area contributed by atoms with Crippen molar-refractivity contribution in [3.63, 3.8) is 0 Å². The summed E-state index contributed by atoms with van der Waals surface area (Å²) in [6.45, 7) is 9.26. The van der Waals surface area contributed by atoms with Gasteiger partial charge in [-0.25, -0.2) is 9.40 Å². The highest BCUT2D eigenvalue weighted by atomic mass is 35.5. The summed E-state index contributed by atoms with van der Waals surface area (Å²) in [5.41, 5.74) is -0.708. The van der Waals surface area contributed by atoms with E-state index in [2.05, 4.69) is 21.4 Å². The number of carbonyl (C=O) groups is 5. The molecule has 1 aliphatic carbocycles. The van der Waals surface area contributed by atoms with Gasteiger partial charge in [0.1, 0.15) is 12.1 Å². The van der Waals surface area contributed by atoms with Crippen molar-refractivity contribution in [1.29, 1.82) is 0 Å². The van der Waals surface area contributed by atoms with Crippen LogP contribution in [-0.2, 0) is 24.0 Å². The smallest absolute Gasteiger partial charge is 0.291 e. The molecule has 1 aliphatic heterocycles. The maximum absolute atomic E-state index is 13.6. The molecule has 2 rings (SSSR count). The Hall–Kier alpha value is -2.43. The summed E-state index contributed by atoms with van der Waals surface area (Å²) in [4.78, 5) is 62.9. The van der Waals surface area contributed by atoms with Crippen molar-refractivity contribution in [3.8, 4) is 0 Å². The van der Waals surface area contributed by atoms with Gasteiger partial charge in [-0.3, -0.25) is 29.4 Å². The highest BCUT2D eigenvalue weighted by Crippen LogP contribution is 2.30. The normalized spacial score (nSPS) is 20.5. The number of nitrogens with one attached hydrogen (secondary N) is 4. The predicted octanol–water partition coefficient (Wildman–Crippen LogP) is 0.989. The molecule has 198 valence electrons. The minimum atomic E-state index is -2.42. The summed E-state index contributed by atoms with van der Waals surface area (Å²) >= 11 is 5.33. The van der Waals surface area contributed by atoms with Gasteiger partial charge in [-0.1, -0.05) is 46.2 Å². The van der Waals surface area contributed by atoms with Gasteiger partial charge < -0.3 is 16.0 Å². The molecule has 0 aromatic heterocycles. The molecule has 12 heteroatoms. The molecule has 5 amide bonds. The van der Waals surface area contributed by atoms with Crippen LogP contribution < -0.4 is 21.4 Å². The van der Waals surface area contributed by atoms with E-state index in [-0.39, 0.29) is 36.6 Å². The van der Waals surface area contributed by atoms with Crippen LogP contribution in [0.3, 0.4) is 0 Å². The van der Waals surface area contributed by atoms with Gasteiger partial charge in [-0.15, -0.1) is 0 Å². The van der Waals surface area contributed by atoms with Crippen molar-refractivity contribution in [2.75, 3.05) is 13.1 Å². The molecule has 0 aromatic rings. The molecule has 0 spiro atoms. The van der Waals surface area contributed by atoms with Crippen LogP contribution in [0.2, 0.25) is 0 Å². The molecule has 0 radical (unpaired) electrons. The van der Waals surface area contributed by atoms with E-state index in [9.17, 15) is 28.4 Å². The Kier molecular flexibility index (Phi) is 9.88. The average molecular weight is 518 g/mol. The van der Waals surface area contributed by atoms with E-state index >= 15 is 0 Å². The molecule has 2 fully saturated rings. The maximum atomic E-state index is 13.6. The third-order valence-corrected chi connectivity index (χ3v) is 6.15. The van der Waals surface area contributed by atoms with Crippen LogP contribution in [0.4, 0.5) is 4.39 Å². The summed E-state index contributed by atoms with van der Waals surface area (Å²) in [5, 5.41) is 8.79. The van der Waals surface area contributed by atoms with E-state index in [1.54, 1.807) is 20.8 Å². The Balaban J connectivity index is 2.17. The van der Waals surface area contributed by atoms with Gasteiger partial charge in [0, 0.05) is 12.5 Å². The van der Waals surface area contributed by atoms with Crippen molar-refractivity contribution in [3.05, 3.63) is 0 Å². The lowest BCUT2D eigenvalue weighted by Crippen LogP contribution is -2.60. The van der Waals surface area contributed by atoms with Crippen LogP contribution >= 0.6 is 11.6 Å². The van der Waals surface area contributed by atoms with Crippen LogP contribution in [0, 0.1) is 23.2 Å². The fourth-order valence-electron chi connectivity index (χ4n) is 3.80. The summed E-state index contributed by atoms with van der Waals surface area (Å²) in [6, 6.07) is -1.97. The highest BCUT2D eigenvalue weighted by molar-refractivity contribution is 6.29. The molecular formula is C23H37ClFN5O5. The van der Waals surface area contributed by atoms with Gasteiger partial charge in [0.25, 0.3) is 17.4 Å². The molecule has 35 heavy (non-hydrogen) atoms. The van der Waals surface area contributed by atoms with Crippen LogP contribution in [0.25, 0.3) is 0 Å². The van der Waals surface area contributed by atoms with Gasteiger partial charge in [0.05, 0.1) is 12.5 Å². The van der Waals surface area contributed by atoms with E-state index in [1.165, 1.54) is 0 Å². The fraction of sp³-hybridized carbons (Fsp3) is 0.783. The van der Waals surface area contributed by atoms with Crippen LogP contribution in [0.15, 0.2) is 0 Å². The number of halogens is 2. The van der Waals surface area contributed by atoms with Crippen molar-refractivity contribution in [2.45, 2.75) is 78.0 Å². The lowest BCUT2D eigenvalue weighted by atomic mass is 9.85. The standard InChI is InChI=1S/C23H37ClFN5O5/c1-12(2)10-15(27-21(34)16(23(3,4)5)28-19(32)13-6-7-13)20(33)29-30(22(35)17(24)25)11-14-8-9-26-18(14)31/h12-17H,6-11H2,1-5H3,(H,26,31)(H,27,34)(H,28,32)(H,29,33)/t14-,15-,16+,17-/m0/s1. The fourth-order valence-corrected chi connectivity index (χ4v) is 3.92. The molecule has 0 bridgehead atoms. The molecule has 10 nitrogen and oxygen atoms in total. The Labute approximate surface area is 210 Å². The van der Waals surface area contributed by atoms with Crippen molar-refractivity contribution < 1.29 is 28.4 Å². The summed E-state index contributed by atoms with van der Waals surface area (Å²) in [6.07, 6.45) is 2.19. The maximum Gasteiger partial charge on any atom is 0.291 e. The first-order valence-electron chi connectivity index (χ1n) is 12.0. The number of alkyl halides is 2. The Morgan fingerprint density at radius 2 is 1.74 bits per heavy atom. The molecule has 1 saturated heterocycles. The number of hydrogen-bond donors (Lipinski definition) is 4. The van der Waals surface area contributed by atoms with Gasteiger partial charge in [0.2, 0.25) is 17.7 Å². The van der Waals surface area contributed by atoms with Gasteiger partial charge >= 0.3 is 0 Å². The van der Waals surface area contributed by atoms with Gasteiger partial charge in [-0.2, -0.15) is 0 Å². The lowest BCUT2D eigenvalue weighted by molar-refractivity contribution is -0.146. The van der Waals surface area contributed by atoms with Crippen LogP contribution in [-0.4, -0.2) is 65.3 Å². The monoisotopic (exact) mass is 517 g/mol. The third kappa shape index (κ3) is 8.63. The molecule has 1 saturated carbocycles. The number of hydrazine groups is 1. The first-order chi connectivity index (χ1) is 16.2. The van der Waals surface area contributed by atoms with E-state index in [1.807, 2.05) is 13.8 Å². The van der Waals surface area contributed by atoms with Crippen molar-refractivity contribution in [1.82, 2.24) is 26.4 Å². The summed E-state index contributed by atoms with van der Waals surface area (Å²) in [7, 11) is 0. The molecular weight excluding hydrogens is 481 g/mol. The second-order valence-electron chi connectivity index (χ2n) is 10.8. The van der Waals surface area contributed by atoms with Gasteiger partial charge in [-0.05, 0) is 37.0 Å². The zero-order chi connectivity index (χ0) is 26.5. The number of carbonyl (C=O) groups excluding carboxylic acids is 5. The van der Waals surface area contributed by atoms with E-state index in [4.69, 9.17) is 11.6 Å². The summed E-state index contributed by atoms with van der Waals surface area (Å²) < 4.78 is 13.6. The topological polar surface area (TPSA) is 137 Å². The van der Waals surface area contributed by atoms with E-state index in [0.29, 0.717) is 18.0 Å². The lowest BCUT2D eigenvalue weighted by Gasteiger charge is -2.33. The largest absolute Gasteiger partial charge is 0.356 e. The second-order valence-corrected chi connectivity index (χ2v) is 11.2. The number of hydrogen-bond acceptors (Lipinski definition) is 5. The predicted molar refractivity (Wildman–Crippen MR) is 127 cm³/mol. The first-order valence-corrected chi connectivity index (χ1v) is 12.4. The third-order valence-electron chi connectivity index (χ3n) is 5.97. The molecule has 2 aliphatic rings. The molecule has 0 unspecified atom stereocenters. The zero-order valence-corrected chi connectivity index (χ0v) is 21.7. The van der Waals surface area contributed by atoms with Crippen molar-refractivity contribution in [2.24, 2.45) is 23.2 Å². The molecule has 4 atom stereocenters. The first kappa shape index (κ1) is 28.8. The Morgan fingerprint density at radius 1 is 1.11 bits per heavy atom. The highest BCUT2D eigenvalue weighted by Gasteiger charge is 2.39. The minimum absolute atomic E-state index is 0.0214. The number of amides is 5. The molecule has 1 heterocycles. The summed E-state index contributed by atoms with van der Waals surface area (Å²) in [5.74, 6) is -3.76. The quantitative estimate of drug-likeness (QED) is 0.253. The average Bonchev–Trinajstić information content (AvgIpc) is 3.52. The SMILES string of the molecule is CC(C)C[C@H](NC(=O)[C@@H](NC(=O)C1CC1)C(C)(C)C)C(=O)NN(C[C@@H]1CCNC1=O)C(=O)[C@H](F)Cl. The van der Waals surface area contributed by atoms with Crippen molar-refractivity contribution >= 4 is 41.1 Å². The minimum Gasteiger partial charge on any atom is -0.356 e. The van der Waals surface area contributed by atoms with E-state index in [0.717, 1.165) is 12.8 Å². The zero-order valence-electron chi connectivity index (χ0n) is 21.0.